The fourth-order valence-electron chi connectivity index (χ4n) is 2.98. The molecular weight excluding hydrogens is 330 g/mol. The first kappa shape index (κ1) is 16.6. The van der Waals surface area contributed by atoms with Crippen molar-refractivity contribution in [2.75, 3.05) is 7.11 Å². The third kappa shape index (κ3) is 3.45. The van der Waals surface area contributed by atoms with E-state index >= 15 is 0 Å². The highest BCUT2D eigenvalue weighted by molar-refractivity contribution is 7.08. The van der Waals surface area contributed by atoms with E-state index in [1.54, 1.807) is 0 Å². The van der Waals surface area contributed by atoms with Crippen LogP contribution in [0.5, 0.6) is 0 Å². The van der Waals surface area contributed by atoms with Gasteiger partial charge in [-0.05, 0) is 29.5 Å². The molecule has 128 valence electrons. The van der Waals surface area contributed by atoms with Crippen molar-refractivity contribution in [2.45, 2.75) is 44.2 Å². The minimum absolute atomic E-state index is 0.0874. The fourth-order valence-corrected chi connectivity index (χ4v) is 3.62. The molecule has 2 heterocycles. The topological polar surface area (TPSA) is 99.0 Å². The van der Waals surface area contributed by atoms with Crippen LogP contribution in [-0.4, -0.2) is 44.7 Å². The molecule has 0 spiro atoms. The maximum atomic E-state index is 12.4. The zero-order valence-corrected chi connectivity index (χ0v) is 14.2. The summed E-state index contributed by atoms with van der Waals surface area (Å²) in [5.41, 5.74) is -0.0640. The fraction of sp³-hybridized carbons (Fsp3) is 0.533. The van der Waals surface area contributed by atoms with Crippen LogP contribution in [0.15, 0.2) is 16.8 Å². The Hall–Kier alpha value is -2.29. The van der Waals surface area contributed by atoms with E-state index in [0.717, 1.165) is 24.8 Å². The average Bonchev–Trinajstić information content (AvgIpc) is 3.26. The number of methoxy groups -OCH3 is 1. The number of thiophene rings is 1. The van der Waals surface area contributed by atoms with Crippen molar-refractivity contribution in [3.63, 3.8) is 0 Å². The second kappa shape index (κ2) is 7.08. The Labute approximate surface area is 143 Å². The van der Waals surface area contributed by atoms with E-state index in [9.17, 15) is 9.59 Å². The lowest BCUT2D eigenvalue weighted by molar-refractivity contribution is -0.152. The van der Waals surface area contributed by atoms with Gasteiger partial charge >= 0.3 is 5.97 Å². The highest BCUT2D eigenvalue weighted by Gasteiger charge is 2.42. The summed E-state index contributed by atoms with van der Waals surface area (Å²) in [6, 6.07) is 1.89. The molecular formula is C15H19N5O3S. The van der Waals surface area contributed by atoms with Crippen LogP contribution >= 0.6 is 11.3 Å². The van der Waals surface area contributed by atoms with E-state index in [4.69, 9.17) is 4.74 Å². The first-order chi connectivity index (χ1) is 11.6. The van der Waals surface area contributed by atoms with Gasteiger partial charge in [0.25, 0.3) is 0 Å². The van der Waals surface area contributed by atoms with Gasteiger partial charge in [-0.2, -0.15) is 16.1 Å². The highest BCUT2D eigenvalue weighted by atomic mass is 32.1. The quantitative estimate of drug-likeness (QED) is 0.819. The summed E-state index contributed by atoms with van der Waals surface area (Å²) in [6.45, 7) is -0.0874. The molecule has 0 radical (unpaired) electrons. The number of nitrogens with one attached hydrogen (secondary N) is 1. The number of tetrazole rings is 1. The predicted octanol–water partition coefficient (Wildman–Crippen LogP) is 1.39. The van der Waals surface area contributed by atoms with Crippen molar-refractivity contribution >= 4 is 23.2 Å². The minimum Gasteiger partial charge on any atom is -0.467 e. The first-order valence-corrected chi connectivity index (χ1v) is 8.77. The lowest BCUT2D eigenvalue weighted by atomic mass is 9.81. The van der Waals surface area contributed by atoms with Crippen LogP contribution in [0.25, 0.3) is 11.4 Å². The third-order valence-electron chi connectivity index (χ3n) is 4.18. The monoisotopic (exact) mass is 349 g/mol. The summed E-state index contributed by atoms with van der Waals surface area (Å²) in [4.78, 5) is 25.7. The Morgan fingerprint density at radius 2 is 2.17 bits per heavy atom. The Balaban J connectivity index is 1.67. The number of rotatable bonds is 5. The Morgan fingerprint density at radius 1 is 1.38 bits per heavy atom. The van der Waals surface area contributed by atoms with Gasteiger partial charge in [0, 0.05) is 10.9 Å². The molecule has 2 aromatic heterocycles. The summed E-state index contributed by atoms with van der Waals surface area (Å²) in [7, 11) is 1.34. The molecule has 8 nitrogen and oxygen atoms in total. The summed E-state index contributed by atoms with van der Waals surface area (Å²) >= 11 is 1.54. The normalized spacial score (nSPS) is 16.5. The van der Waals surface area contributed by atoms with Crippen molar-refractivity contribution in [2.24, 2.45) is 0 Å². The number of amides is 1. The van der Waals surface area contributed by atoms with E-state index in [1.165, 1.54) is 23.2 Å². The van der Waals surface area contributed by atoms with Crippen molar-refractivity contribution in [1.29, 1.82) is 0 Å². The molecule has 1 aliphatic carbocycles. The summed E-state index contributed by atoms with van der Waals surface area (Å²) in [6.07, 6.45) is 4.02. The molecule has 0 bridgehead atoms. The zero-order valence-electron chi connectivity index (χ0n) is 13.4. The summed E-state index contributed by atoms with van der Waals surface area (Å²) in [5, 5.41) is 18.7. The number of nitrogens with zero attached hydrogens (tertiary/aromatic N) is 4. The molecule has 2 aromatic rings. The number of carbonyl (C=O) groups is 2. The van der Waals surface area contributed by atoms with E-state index in [1.807, 2.05) is 16.8 Å². The number of hydrogen-bond acceptors (Lipinski definition) is 7. The van der Waals surface area contributed by atoms with Gasteiger partial charge in [-0.15, -0.1) is 10.2 Å². The van der Waals surface area contributed by atoms with Crippen LogP contribution in [0.1, 0.15) is 32.1 Å². The maximum Gasteiger partial charge on any atom is 0.331 e. The maximum absolute atomic E-state index is 12.4. The number of aromatic nitrogens is 4. The summed E-state index contributed by atoms with van der Waals surface area (Å²) < 4.78 is 4.89. The van der Waals surface area contributed by atoms with E-state index < -0.39 is 5.54 Å². The molecule has 0 aromatic carbocycles. The molecule has 1 aliphatic rings. The highest BCUT2D eigenvalue weighted by Crippen LogP contribution is 2.29. The van der Waals surface area contributed by atoms with Crippen molar-refractivity contribution in [1.82, 2.24) is 25.5 Å². The van der Waals surface area contributed by atoms with Crippen LogP contribution in [0.4, 0.5) is 0 Å². The molecule has 1 saturated carbocycles. The van der Waals surface area contributed by atoms with Gasteiger partial charge in [0.2, 0.25) is 11.7 Å². The Kier molecular flexibility index (Phi) is 4.89. The lowest BCUT2D eigenvalue weighted by Gasteiger charge is -2.35. The number of carbonyl (C=O) groups excluding carboxylic acids is 2. The smallest absolute Gasteiger partial charge is 0.331 e. The van der Waals surface area contributed by atoms with Gasteiger partial charge in [-0.1, -0.05) is 19.3 Å². The van der Waals surface area contributed by atoms with Gasteiger partial charge < -0.3 is 10.1 Å². The molecule has 1 fully saturated rings. The van der Waals surface area contributed by atoms with E-state index in [0.29, 0.717) is 18.7 Å². The average molecular weight is 349 g/mol. The van der Waals surface area contributed by atoms with Gasteiger partial charge in [0.15, 0.2) is 0 Å². The molecule has 1 N–H and O–H groups in total. The minimum atomic E-state index is -0.930. The van der Waals surface area contributed by atoms with E-state index in [2.05, 4.69) is 20.7 Å². The van der Waals surface area contributed by atoms with Crippen molar-refractivity contribution in [3.05, 3.63) is 16.8 Å². The molecule has 1 amide bonds. The molecule has 0 atom stereocenters. The van der Waals surface area contributed by atoms with Crippen LogP contribution in [0.2, 0.25) is 0 Å². The van der Waals surface area contributed by atoms with Crippen molar-refractivity contribution in [3.8, 4) is 11.4 Å². The number of ether oxygens (including phenoxy) is 1. The lowest BCUT2D eigenvalue weighted by Crippen LogP contribution is -2.56. The van der Waals surface area contributed by atoms with Crippen molar-refractivity contribution < 1.29 is 14.3 Å². The van der Waals surface area contributed by atoms with Gasteiger partial charge in [-0.25, -0.2) is 4.79 Å². The second-order valence-corrected chi connectivity index (χ2v) is 6.62. The molecule has 9 heteroatoms. The van der Waals surface area contributed by atoms with E-state index in [-0.39, 0.29) is 18.4 Å². The standard InChI is InChI=1S/C15H19N5O3S/c1-23-14(22)15(6-3-2-4-7-15)16-12(21)9-20-18-13(17-19-20)11-5-8-24-10-11/h5,8,10H,2-4,6-7,9H2,1H3,(H,16,21). The van der Waals surface area contributed by atoms with Gasteiger partial charge in [0.1, 0.15) is 12.1 Å². The van der Waals surface area contributed by atoms with Crippen LogP contribution in [0, 0.1) is 0 Å². The van der Waals surface area contributed by atoms with Crippen LogP contribution in [0.3, 0.4) is 0 Å². The number of hydrogen-bond donors (Lipinski definition) is 1. The Morgan fingerprint density at radius 3 is 2.83 bits per heavy atom. The van der Waals surface area contributed by atoms with Gasteiger partial charge in [-0.3, -0.25) is 4.79 Å². The molecule has 0 unspecified atom stereocenters. The molecule has 24 heavy (non-hydrogen) atoms. The first-order valence-electron chi connectivity index (χ1n) is 7.83. The SMILES string of the molecule is COC(=O)C1(NC(=O)Cn2nnc(-c3ccsc3)n2)CCCCC1. The third-order valence-corrected chi connectivity index (χ3v) is 4.86. The second-order valence-electron chi connectivity index (χ2n) is 5.84. The molecule has 3 rings (SSSR count). The Bertz CT molecular complexity index is 707. The van der Waals surface area contributed by atoms with Crippen LogP contribution < -0.4 is 5.32 Å². The molecule has 0 saturated heterocycles. The molecule has 0 aliphatic heterocycles. The number of esters is 1. The van der Waals surface area contributed by atoms with Crippen LogP contribution in [-0.2, 0) is 20.9 Å². The largest absolute Gasteiger partial charge is 0.467 e. The summed E-state index contributed by atoms with van der Waals surface area (Å²) in [5.74, 6) is -0.234. The van der Waals surface area contributed by atoms with Gasteiger partial charge in [0.05, 0.1) is 7.11 Å². The zero-order chi connectivity index (χ0) is 17.0. The predicted molar refractivity (Wildman–Crippen MR) is 87.1 cm³/mol.